The fourth-order valence-corrected chi connectivity index (χ4v) is 4.15. The number of hydrogen-bond donors (Lipinski definition) is 2. The monoisotopic (exact) mass is 372 g/mol. The topological polar surface area (TPSA) is 58.9 Å². The number of hydrogen-bond acceptors (Lipinski definition) is 4. The van der Waals surface area contributed by atoms with Gasteiger partial charge in [0.15, 0.2) is 0 Å². The van der Waals surface area contributed by atoms with Crippen LogP contribution in [0.1, 0.15) is 38.8 Å². The van der Waals surface area contributed by atoms with Crippen molar-refractivity contribution in [3.05, 3.63) is 59.7 Å². The van der Waals surface area contributed by atoms with Crippen molar-refractivity contribution in [2.75, 3.05) is 26.4 Å². The Morgan fingerprint density at radius 3 is 1.26 bits per heavy atom. The van der Waals surface area contributed by atoms with Gasteiger partial charge in [-0.2, -0.15) is 0 Å². The molecule has 27 heavy (non-hydrogen) atoms. The molecule has 0 bridgehead atoms. The van der Waals surface area contributed by atoms with Crippen LogP contribution in [-0.4, -0.2) is 36.6 Å². The van der Waals surface area contributed by atoms with E-state index in [1.54, 1.807) is 0 Å². The van der Waals surface area contributed by atoms with Crippen molar-refractivity contribution in [2.45, 2.75) is 33.1 Å². The average Bonchev–Trinajstić information content (AvgIpc) is 2.66. The van der Waals surface area contributed by atoms with Crippen molar-refractivity contribution < 1.29 is 19.7 Å². The molecule has 0 unspecified atom stereocenters. The SMILES string of the molecule is CC(C)C(c1ccc(OCCO)cc1)(c1ccc(OCCO)cc1)C(C)C. The molecule has 0 fully saturated rings. The molecular weight excluding hydrogens is 340 g/mol. The van der Waals surface area contributed by atoms with E-state index in [0.717, 1.165) is 11.5 Å². The van der Waals surface area contributed by atoms with Crippen molar-refractivity contribution in [2.24, 2.45) is 11.8 Å². The molecule has 148 valence electrons. The molecule has 0 atom stereocenters. The first-order valence-electron chi connectivity index (χ1n) is 9.65. The van der Waals surface area contributed by atoms with Gasteiger partial charge in [0.1, 0.15) is 24.7 Å². The van der Waals surface area contributed by atoms with Gasteiger partial charge in [0.25, 0.3) is 0 Å². The molecule has 0 aromatic heterocycles. The van der Waals surface area contributed by atoms with Gasteiger partial charge in [0, 0.05) is 5.41 Å². The minimum absolute atomic E-state index is 0.00831. The van der Waals surface area contributed by atoms with E-state index in [2.05, 4.69) is 52.0 Å². The first-order valence-corrected chi connectivity index (χ1v) is 9.65. The zero-order chi connectivity index (χ0) is 19.9. The third-order valence-corrected chi connectivity index (χ3v) is 5.21. The highest BCUT2D eigenvalue weighted by atomic mass is 16.5. The van der Waals surface area contributed by atoms with Gasteiger partial charge >= 0.3 is 0 Å². The maximum atomic E-state index is 8.93. The molecule has 0 amide bonds. The lowest BCUT2D eigenvalue weighted by Crippen LogP contribution is -2.39. The predicted octanol–water partition coefficient (Wildman–Crippen LogP) is 4.03. The van der Waals surface area contributed by atoms with Crippen LogP contribution < -0.4 is 9.47 Å². The molecule has 2 aromatic rings. The Balaban J connectivity index is 2.43. The van der Waals surface area contributed by atoms with E-state index in [9.17, 15) is 0 Å². The van der Waals surface area contributed by atoms with Crippen LogP contribution >= 0.6 is 0 Å². The Kier molecular flexibility index (Phi) is 7.69. The number of aliphatic hydroxyl groups excluding tert-OH is 2. The first-order chi connectivity index (χ1) is 13.0. The molecule has 0 radical (unpaired) electrons. The van der Waals surface area contributed by atoms with E-state index < -0.39 is 0 Å². The van der Waals surface area contributed by atoms with Crippen molar-refractivity contribution in [3.63, 3.8) is 0 Å². The summed E-state index contributed by atoms with van der Waals surface area (Å²) in [5.41, 5.74) is 2.34. The summed E-state index contributed by atoms with van der Waals surface area (Å²) in [6.07, 6.45) is 0. The van der Waals surface area contributed by atoms with E-state index in [1.165, 1.54) is 11.1 Å². The van der Waals surface area contributed by atoms with E-state index >= 15 is 0 Å². The van der Waals surface area contributed by atoms with Gasteiger partial charge in [0.2, 0.25) is 0 Å². The van der Waals surface area contributed by atoms with Gasteiger partial charge in [-0.05, 0) is 47.2 Å². The van der Waals surface area contributed by atoms with E-state index in [-0.39, 0.29) is 18.6 Å². The number of rotatable bonds is 10. The summed E-state index contributed by atoms with van der Waals surface area (Å²) >= 11 is 0. The lowest BCUT2D eigenvalue weighted by molar-refractivity contribution is 0.201. The second-order valence-corrected chi connectivity index (χ2v) is 7.37. The van der Waals surface area contributed by atoms with Crippen LogP contribution in [0.5, 0.6) is 11.5 Å². The Bertz CT molecular complexity index is 613. The van der Waals surface area contributed by atoms with Gasteiger partial charge in [-0.15, -0.1) is 0 Å². The summed E-state index contributed by atoms with van der Waals surface area (Å²) in [4.78, 5) is 0. The van der Waals surface area contributed by atoms with Crippen LogP contribution in [0.25, 0.3) is 0 Å². The molecule has 2 aromatic carbocycles. The third kappa shape index (κ3) is 4.63. The molecule has 0 saturated carbocycles. The fourth-order valence-electron chi connectivity index (χ4n) is 4.15. The quantitative estimate of drug-likeness (QED) is 0.661. The Morgan fingerprint density at radius 1 is 0.667 bits per heavy atom. The summed E-state index contributed by atoms with van der Waals surface area (Å²) in [5, 5.41) is 17.9. The minimum atomic E-state index is -0.148. The number of benzene rings is 2. The molecule has 0 aliphatic heterocycles. The summed E-state index contributed by atoms with van der Waals surface area (Å²) in [6, 6.07) is 16.4. The minimum Gasteiger partial charge on any atom is -0.491 e. The van der Waals surface area contributed by atoms with Crippen molar-refractivity contribution >= 4 is 0 Å². The van der Waals surface area contributed by atoms with Crippen LogP contribution in [0.4, 0.5) is 0 Å². The van der Waals surface area contributed by atoms with Crippen LogP contribution in [0.15, 0.2) is 48.5 Å². The smallest absolute Gasteiger partial charge is 0.119 e. The second kappa shape index (κ2) is 9.77. The third-order valence-electron chi connectivity index (χ3n) is 5.21. The molecular formula is C23H32O4. The summed E-state index contributed by atoms with van der Waals surface area (Å²) in [6.45, 7) is 9.64. The molecule has 4 nitrogen and oxygen atoms in total. The highest BCUT2D eigenvalue weighted by molar-refractivity contribution is 5.44. The first kappa shape index (κ1) is 21.3. The fraction of sp³-hybridized carbons (Fsp3) is 0.478. The van der Waals surface area contributed by atoms with Crippen LogP contribution in [0, 0.1) is 11.8 Å². The maximum absolute atomic E-state index is 8.93. The Morgan fingerprint density at radius 2 is 1.00 bits per heavy atom. The van der Waals surface area contributed by atoms with E-state index in [0.29, 0.717) is 25.0 Å². The molecule has 0 spiro atoms. The second-order valence-electron chi connectivity index (χ2n) is 7.37. The average molecular weight is 373 g/mol. The highest BCUT2D eigenvalue weighted by Gasteiger charge is 2.40. The van der Waals surface area contributed by atoms with E-state index in [4.69, 9.17) is 19.7 Å². The Hall–Kier alpha value is -2.04. The molecule has 0 saturated heterocycles. The molecule has 4 heteroatoms. The van der Waals surface area contributed by atoms with Gasteiger partial charge in [-0.1, -0.05) is 52.0 Å². The molecule has 0 heterocycles. The number of ether oxygens (including phenoxy) is 2. The van der Waals surface area contributed by atoms with Gasteiger partial charge in [-0.25, -0.2) is 0 Å². The lowest BCUT2D eigenvalue weighted by atomic mass is 9.60. The summed E-state index contributed by atoms with van der Waals surface area (Å²) < 4.78 is 11.0. The highest BCUT2D eigenvalue weighted by Crippen LogP contribution is 2.46. The predicted molar refractivity (Wildman–Crippen MR) is 109 cm³/mol. The standard InChI is InChI=1S/C23H32O4/c1-17(2)23(18(3)4,19-5-9-21(10-6-19)26-15-13-24)20-7-11-22(12-8-20)27-16-14-25/h5-12,17-18,24-25H,13-16H2,1-4H3. The lowest BCUT2D eigenvalue weighted by Gasteiger charge is -2.43. The van der Waals surface area contributed by atoms with E-state index in [1.807, 2.05) is 24.3 Å². The molecule has 2 N–H and O–H groups in total. The van der Waals surface area contributed by atoms with Gasteiger partial charge in [-0.3, -0.25) is 0 Å². The zero-order valence-electron chi connectivity index (χ0n) is 16.8. The largest absolute Gasteiger partial charge is 0.491 e. The molecule has 2 rings (SSSR count). The summed E-state index contributed by atoms with van der Waals surface area (Å²) in [7, 11) is 0. The molecule has 0 aliphatic rings. The normalized spacial score (nSPS) is 11.9. The van der Waals surface area contributed by atoms with Crippen LogP contribution in [-0.2, 0) is 5.41 Å². The van der Waals surface area contributed by atoms with Crippen molar-refractivity contribution in [1.29, 1.82) is 0 Å². The van der Waals surface area contributed by atoms with Crippen LogP contribution in [0.3, 0.4) is 0 Å². The molecule has 0 aliphatic carbocycles. The zero-order valence-corrected chi connectivity index (χ0v) is 16.8. The number of aliphatic hydroxyl groups is 2. The van der Waals surface area contributed by atoms with Gasteiger partial charge < -0.3 is 19.7 Å². The van der Waals surface area contributed by atoms with Crippen LogP contribution in [0.2, 0.25) is 0 Å². The maximum Gasteiger partial charge on any atom is 0.119 e. The van der Waals surface area contributed by atoms with Crippen molar-refractivity contribution in [1.82, 2.24) is 0 Å². The van der Waals surface area contributed by atoms with Crippen molar-refractivity contribution in [3.8, 4) is 11.5 Å². The summed E-state index contributed by atoms with van der Waals surface area (Å²) in [5.74, 6) is 2.29. The Labute approximate surface area is 162 Å². The van der Waals surface area contributed by atoms with Gasteiger partial charge in [0.05, 0.1) is 13.2 Å².